The number of aromatic nitrogens is 2. The average Bonchev–Trinajstić information content (AvgIpc) is 3.13. The first-order valence-electron chi connectivity index (χ1n) is 9.22. The molecule has 0 radical (unpaired) electrons. The highest BCUT2D eigenvalue weighted by Crippen LogP contribution is 2.37. The second kappa shape index (κ2) is 8.56. The van der Waals surface area contributed by atoms with Crippen LogP contribution in [0.5, 0.6) is 5.75 Å². The fraction of sp³-hybridized carbons (Fsp3) is 0.381. The van der Waals surface area contributed by atoms with Crippen molar-refractivity contribution in [3.63, 3.8) is 0 Å². The summed E-state index contributed by atoms with van der Waals surface area (Å²) < 4.78 is 11.9. The maximum atomic E-state index is 13.4. The number of hydrogen-bond acceptors (Lipinski definition) is 6. The minimum atomic E-state index is -0.277. The van der Waals surface area contributed by atoms with Crippen molar-refractivity contribution in [3.8, 4) is 16.9 Å². The molecule has 0 saturated heterocycles. The molecule has 0 atom stereocenters. The Labute approximate surface area is 167 Å². The van der Waals surface area contributed by atoms with Gasteiger partial charge in [0.15, 0.2) is 0 Å². The number of carbonyl (C=O) groups is 1. The Bertz CT molecular complexity index is 1070. The van der Waals surface area contributed by atoms with Crippen LogP contribution in [-0.2, 0) is 22.5 Å². The first kappa shape index (κ1) is 20.1. The predicted molar refractivity (Wildman–Crippen MR) is 111 cm³/mol. The van der Waals surface area contributed by atoms with Crippen LogP contribution in [0.3, 0.4) is 0 Å². The third-order valence-corrected chi connectivity index (χ3v) is 5.60. The van der Waals surface area contributed by atoms with Crippen molar-refractivity contribution in [3.05, 3.63) is 45.3 Å². The molecular weight excluding hydrogens is 376 g/mol. The Kier molecular flexibility index (Phi) is 6.14. The summed E-state index contributed by atoms with van der Waals surface area (Å²) in [5.74, 6) is 1.18. The number of aryl methyl sites for hydroxylation is 2. The van der Waals surface area contributed by atoms with E-state index in [0.29, 0.717) is 24.8 Å². The molecule has 0 aliphatic heterocycles. The standard InChI is InChI=1S/C21H24N2O4S/c1-5-17-22-20-19(21(25)23(17)10-6-7-18(24)27-4)15(12-28-20)14-11-13(2)8-9-16(14)26-3/h8-9,11-12H,5-7,10H2,1-4H3. The van der Waals surface area contributed by atoms with E-state index in [4.69, 9.17) is 14.5 Å². The van der Waals surface area contributed by atoms with Gasteiger partial charge >= 0.3 is 5.97 Å². The van der Waals surface area contributed by atoms with Crippen molar-refractivity contribution >= 4 is 27.5 Å². The van der Waals surface area contributed by atoms with E-state index in [0.717, 1.165) is 33.1 Å². The van der Waals surface area contributed by atoms with Crippen LogP contribution in [-0.4, -0.2) is 29.7 Å². The van der Waals surface area contributed by atoms with Crippen LogP contribution in [0, 0.1) is 6.92 Å². The molecule has 28 heavy (non-hydrogen) atoms. The molecule has 0 unspecified atom stereocenters. The van der Waals surface area contributed by atoms with E-state index in [9.17, 15) is 9.59 Å². The molecule has 0 N–H and O–H groups in total. The van der Waals surface area contributed by atoms with E-state index in [-0.39, 0.29) is 17.9 Å². The SMILES string of the molecule is CCc1nc2scc(-c3cc(C)ccc3OC)c2c(=O)n1CCCC(=O)OC. The number of benzene rings is 1. The van der Waals surface area contributed by atoms with Crippen LogP contribution in [0.15, 0.2) is 28.4 Å². The third-order valence-electron chi connectivity index (χ3n) is 4.72. The number of rotatable bonds is 7. The van der Waals surface area contributed by atoms with E-state index in [1.54, 1.807) is 11.7 Å². The number of hydrogen-bond donors (Lipinski definition) is 0. The summed E-state index contributed by atoms with van der Waals surface area (Å²) in [6, 6.07) is 5.92. The van der Waals surface area contributed by atoms with E-state index in [2.05, 4.69) is 0 Å². The van der Waals surface area contributed by atoms with Gasteiger partial charge in [0, 0.05) is 35.9 Å². The molecule has 0 bridgehead atoms. The molecule has 3 aromatic rings. The van der Waals surface area contributed by atoms with Gasteiger partial charge in [0.1, 0.15) is 16.4 Å². The van der Waals surface area contributed by atoms with Gasteiger partial charge in [0.25, 0.3) is 5.56 Å². The summed E-state index contributed by atoms with van der Waals surface area (Å²) in [6.07, 6.45) is 1.44. The van der Waals surface area contributed by atoms with Crippen molar-refractivity contribution in [1.29, 1.82) is 0 Å². The summed E-state index contributed by atoms with van der Waals surface area (Å²) in [7, 11) is 2.99. The average molecular weight is 401 g/mol. The summed E-state index contributed by atoms with van der Waals surface area (Å²) in [5.41, 5.74) is 2.73. The van der Waals surface area contributed by atoms with Gasteiger partial charge in [0.2, 0.25) is 0 Å². The van der Waals surface area contributed by atoms with E-state index >= 15 is 0 Å². The number of nitrogens with zero attached hydrogens (tertiary/aromatic N) is 2. The Hall–Kier alpha value is -2.67. The molecule has 6 nitrogen and oxygen atoms in total. The lowest BCUT2D eigenvalue weighted by atomic mass is 10.0. The number of thiophene rings is 1. The van der Waals surface area contributed by atoms with Gasteiger partial charge in [-0.2, -0.15) is 0 Å². The van der Waals surface area contributed by atoms with Crippen molar-refractivity contribution in [1.82, 2.24) is 9.55 Å². The number of fused-ring (bicyclic) bond motifs is 1. The van der Waals surface area contributed by atoms with Gasteiger partial charge in [-0.05, 0) is 25.5 Å². The van der Waals surface area contributed by atoms with Gasteiger partial charge in [-0.25, -0.2) is 4.98 Å². The number of ether oxygens (including phenoxy) is 2. The monoisotopic (exact) mass is 400 g/mol. The molecule has 3 rings (SSSR count). The fourth-order valence-electron chi connectivity index (χ4n) is 3.28. The zero-order valence-corrected chi connectivity index (χ0v) is 17.4. The van der Waals surface area contributed by atoms with Gasteiger partial charge < -0.3 is 9.47 Å². The van der Waals surface area contributed by atoms with Gasteiger partial charge in [0.05, 0.1) is 19.6 Å². The molecule has 2 heterocycles. The number of carbonyl (C=O) groups excluding carboxylic acids is 1. The number of methoxy groups -OCH3 is 2. The van der Waals surface area contributed by atoms with Crippen LogP contribution in [0.4, 0.5) is 0 Å². The van der Waals surface area contributed by atoms with Gasteiger partial charge in [-0.1, -0.05) is 18.6 Å². The molecule has 0 aliphatic rings. The molecule has 0 spiro atoms. The highest BCUT2D eigenvalue weighted by molar-refractivity contribution is 7.17. The quantitative estimate of drug-likeness (QED) is 0.562. The lowest BCUT2D eigenvalue weighted by molar-refractivity contribution is -0.140. The first-order valence-corrected chi connectivity index (χ1v) is 10.1. The maximum Gasteiger partial charge on any atom is 0.305 e. The Morgan fingerprint density at radius 1 is 1.25 bits per heavy atom. The van der Waals surface area contributed by atoms with Crippen LogP contribution < -0.4 is 10.3 Å². The Balaban J connectivity index is 2.13. The fourth-order valence-corrected chi connectivity index (χ4v) is 4.23. The molecule has 7 heteroatoms. The van der Waals surface area contributed by atoms with Crippen LogP contribution in [0.25, 0.3) is 21.3 Å². The zero-order chi connectivity index (χ0) is 20.3. The predicted octanol–water partition coefficient (Wildman–Crippen LogP) is 3.96. The molecule has 2 aromatic heterocycles. The zero-order valence-electron chi connectivity index (χ0n) is 16.6. The number of esters is 1. The summed E-state index contributed by atoms with van der Waals surface area (Å²) >= 11 is 1.46. The van der Waals surface area contributed by atoms with E-state index < -0.39 is 0 Å². The second-order valence-electron chi connectivity index (χ2n) is 6.55. The maximum absolute atomic E-state index is 13.4. The Morgan fingerprint density at radius 2 is 2.04 bits per heavy atom. The van der Waals surface area contributed by atoms with E-state index in [1.165, 1.54) is 18.4 Å². The van der Waals surface area contributed by atoms with Crippen LogP contribution in [0.2, 0.25) is 0 Å². The normalized spacial score (nSPS) is 11.0. The smallest absolute Gasteiger partial charge is 0.305 e. The van der Waals surface area contributed by atoms with Crippen LogP contribution >= 0.6 is 11.3 Å². The minimum absolute atomic E-state index is 0.0773. The molecule has 148 valence electrons. The van der Waals surface area contributed by atoms with Crippen molar-refractivity contribution < 1.29 is 14.3 Å². The Morgan fingerprint density at radius 3 is 2.71 bits per heavy atom. The molecule has 0 aliphatic carbocycles. The van der Waals surface area contributed by atoms with Crippen molar-refractivity contribution in [2.24, 2.45) is 0 Å². The molecule has 0 saturated carbocycles. The lowest BCUT2D eigenvalue weighted by Gasteiger charge is -2.12. The molecule has 0 fully saturated rings. The molecule has 1 aromatic carbocycles. The van der Waals surface area contributed by atoms with E-state index in [1.807, 2.05) is 37.4 Å². The topological polar surface area (TPSA) is 70.4 Å². The largest absolute Gasteiger partial charge is 0.496 e. The lowest BCUT2D eigenvalue weighted by Crippen LogP contribution is -2.25. The van der Waals surface area contributed by atoms with Crippen molar-refractivity contribution in [2.75, 3.05) is 14.2 Å². The minimum Gasteiger partial charge on any atom is -0.496 e. The molecule has 0 amide bonds. The summed E-state index contributed by atoms with van der Waals surface area (Å²) in [5, 5.41) is 2.57. The van der Waals surface area contributed by atoms with Gasteiger partial charge in [-0.15, -0.1) is 11.3 Å². The van der Waals surface area contributed by atoms with Crippen molar-refractivity contribution in [2.45, 2.75) is 39.7 Å². The first-order chi connectivity index (χ1) is 13.5. The third kappa shape index (κ3) is 3.80. The summed E-state index contributed by atoms with van der Waals surface area (Å²) in [4.78, 5) is 30.2. The second-order valence-corrected chi connectivity index (χ2v) is 7.41. The highest BCUT2D eigenvalue weighted by Gasteiger charge is 2.19. The molecular formula is C21H24N2O4S. The van der Waals surface area contributed by atoms with Gasteiger partial charge in [-0.3, -0.25) is 14.2 Å². The van der Waals surface area contributed by atoms with Crippen LogP contribution in [0.1, 0.15) is 31.2 Å². The summed E-state index contributed by atoms with van der Waals surface area (Å²) in [6.45, 7) is 4.42. The highest BCUT2D eigenvalue weighted by atomic mass is 32.1.